The highest BCUT2D eigenvalue weighted by molar-refractivity contribution is 5.21. The normalized spacial score (nSPS) is 10.4. The van der Waals surface area contributed by atoms with Crippen molar-refractivity contribution in [2.75, 3.05) is 0 Å². The largest absolute Gasteiger partial charge is 0.363 e. The maximum Gasteiger partial charge on any atom is 0.181 e. The predicted octanol–water partition coefficient (Wildman–Crippen LogP) is 0.319. The van der Waals surface area contributed by atoms with E-state index in [4.69, 9.17) is 10.3 Å². The Bertz CT molecular complexity index is 351. The second-order valence-corrected chi connectivity index (χ2v) is 2.32. The van der Waals surface area contributed by atoms with Crippen LogP contribution < -0.4 is 5.73 Å². The Kier molecular flexibility index (Phi) is 1.64. The van der Waals surface area contributed by atoms with Crippen LogP contribution in [0.15, 0.2) is 29.4 Å². The molecule has 0 atom stereocenters. The molecule has 5 nitrogen and oxygen atoms in total. The number of hydrogen-bond donors (Lipinski definition) is 1. The van der Waals surface area contributed by atoms with Gasteiger partial charge in [-0.05, 0) is 0 Å². The minimum Gasteiger partial charge on any atom is -0.363 e. The average molecular weight is 164 g/mol. The van der Waals surface area contributed by atoms with Gasteiger partial charge in [0.2, 0.25) is 0 Å². The summed E-state index contributed by atoms with van der Waals surface area (Å²) in [4.78, 5) is 3.95. The van der Waals surface area contributed by atoms with Gasteiger partial charge in [-0.15, -0.1) is 0 Å². The highest BCUT2D eigenvalue weighted by Gasteiger charge is 2.03. The van der Waals surface area contributed by atoms with Crippen molar-refractivity contribution in [1.29, 1.82) is 0 Å². The van der Waals surface area contributed by atoms with Crippen molar-refractivity contribution >= 4 is 0 Å². The fourth-order valence-electron chi connectivity index (χ4n) is 1.01. The lowest BCUT2D eigenvalue weighted by molar-refractivity contribution is 0.416. The molecule has 0 saturated carbocycles. The summed E-state index contributed by atoms with van der Waals surface area (Å²) in [5, 5.41) is 3.76. The molecule has 0 aliphatic rings. The van der Waals surface area contributed by atoms with Crippen LogP contribution in [0, 0.1) is 0 Å². The minimum absolute atomic E-state index is 0.437. The molecule has 0 aromatic carbocycles. The zero-order chi connectivity index (χ0) is 8.39. The Balaban J connectivity index is 2.46. The molecule has 0 fully saturated rings. The lowest BCUT2D eigenvalue weighted by Gasteiger charge is -1.99. The molecule has 2 rings (SSSR count). The van der Waals surface area contributed by atoms with Crippen LogP contribution in [0.1, 0.15) is 5.69 Å². The van der Waals surface area contributed by atoms with Gasteiger partial charge in [-0.3, -0.25) is 4.57 Å². The van der Waals surface area contributed by atoms with E-state index in [1.807, 2.05) is 0 Å². The smallest absolute Gasteiger partial charge is 0.181 e. The molecular formula is C7H8N4O. The molecule has 2 N–H and O–H groups in total. The standard InChI is InChI=1S/C7H8N4O/c8-3-6-4-9-5-11(6)7-1-2-12-10-7/h1-2,4-5H,3,8H2. The summed E-state index contributed by atoms with van der Waals surface area (Å²) in [6.45, 7) is 0.437. The van der Waals surface area contributed by atoms with E-state index in [1.165, 1.54) is 6.26 Å². The molecule has 2 aromatic heterocycles. The third kappa shape index (κ3) is 0.998. The van der Waals surface area contributed by atoms with E-state index >= 15 is 0 Å². The van der Waals surface area contributed by atoms with Gasteiger partial charge in [-0.25, -0.2) is 4.98 Å². The molecule has 62 valence electrons. The summed E-state index contributed by atoms with van der Waals surface area (Å²) in [5.74, 6) is 0.702. The second kappa shape index (κ2) is 2.78. The number of nitrogens with zero attached hydrogens (tertiary/aromatic N) is 3. The van der Waals surface area contributed by atoms with E-state index in [0.717, 1.165) is 5.69 Å². The van der Waals surface area contributed by atoms with Crippen LogP contribution in [0.5, 0.6) is 0 Å². The summed E-state index contributed by atoms with van der Waals surface area (Å²) >= 11 is 0. The summed E-state index contributed by atoms with van der Waals surface area (Å²) < 4.78 is 6.48. The Labute approximate surface area is 68.8 Å². The molecule has 0 unspecified atom stereocenters. The van der Waals surface area contributed by atoms with Gasteiger partial charge in [0.05, 0.1) is 5.69 Å². The van der Waals surface area contributed by atoms with Crippen molar-refractivity contribution in [3.8, 4) is 5.82 Å². The van der Waals surface area contributed by atoms with Crippen LogP contribution in [0.3, 0.4) is 0 Å². The van der Waals surface area contributed by atoms with Gasteiger partial charge in [0.25, 0.3) is 0 Å². The molecule has 0 aliphatic carbocycles. The molecule has 0 bridgehead atoms. The zero-order valence-corrected chi connectivity index (χ0v) is 6.34. The minimum atomic E-state index is 0.437. The lowest BCUT2D eigenvalue weighted by Crippen LogP contribution is -2.04. The van der Waals surface area contributed by atoms with Gasteiger partial charge in [-0.1, -0.05) is 5.16 Å². The average Bonchev–Trinajstić information content (AvgIpc) is 2.74. The number of rotatable bonds is 2. The van der Waals surface area contributed by atoms with E-state index in [1.54, 1.807) is 23.2 Å². The SMILES string of the molecule is NCc1cncn1-c1ccon1. The Morgan fingerprint density at radius 2 is 2.50 bits per heavy atom. The summed E-state index contributed by atoms with van der Waals surface area (Å²) in [7, 11) is 0. The fraction of sp³-hybridized carbons (Fsp3) is 0.143. The highest BCUT2D eigenvalue weighted by atomic mass is 16.5. The first-order valence-electron chi connectivity index (χ1n) is 3.54. The molecule has 0 amide bonds. The molecular weight excluding hydrogens is 156 g/mol. The van der Waals surface area contributed by atoms with Crippen molar-refractivity contribution in [3.05, 3.63) is 30.5 Å². The van der Waals surface area contributed by atoms with E-state index < -0.39 is 0 Å². The van der Waals surface area contributed by atoms with Crippen molar-refractivity contribution in [3.63, 3.8) is 0 Å². The van der Waals surface area contributed by atoms with Crippen LogP contribution in [-0.4, -0.2) is 14.7 Å². The molecule has 12 heavy (non-hydrogen) atoms. The predicted molar refractivity (Wildman–Crippen MR) is 41.5 cm³/mol. The van der Waals surface area contributed by atoms with Gasteiger partial charge in [0, 0.05) is 18.8 Å². The van der Waals surface area contributed by atoms with Crippen molar-refractivity contribution in [1.82, 2.24) is 14.7 Å². The first-order chi connectivity index (χ1) is 5.92. The Hall–Kier alpha value is -1.62. The van der Waals surface area contributed by atoms with Crippen LogP contribution in [0.4, 0.5) is 0 Å². The Morgan fingerprint density at radius 1 is 1.58 bits per heavy atom. The highest BCUT2D eigenvalue weighted by Crippen LogP contribution is 2.07. The van der Waals surface area contributed by atoms with Crippen LogP contribution in [-0.2, 0) is 6.54 Å². The molecule has 0 saturated heterocycles. The first-order valence-corrected chi connectivity index (χ1v) is 3.54. The second-order valence-electron chi connectivity index (χ2n) is 2.32. The molecule has 0 spiro atoms. The number of aromatic nitrogens is 3. The van der Waals surface area contributed by atoms with Gasteiger partial charge in [-0.2, -0.15) is 0 Å². The molecule has 2 aromatic rings. The first kappa shape index (κ1) is 7.05. The van der Waals surface area contributed by atoms with E-state index in [0.29, 0.717) is 12.4 Å². The van der Waals surface area contributed by atoms with E-state index in [-0.39, 0.29) is 0 Å². The van der Waals surface area contributed by atoms with Crippen molar-refractivity contribution in [2.24, 2.45) is 5.73 Å². The van der Waals surface area contributed by atoms with Gasteiger partial charge < -0.3 is 10.3 Å². The monoisotopic (exact) mass is 164 g/mol. The lowest BCUT2D eigenvalue weighted by atomic mass is 10.4. The van der Waals surface area contributed by atoms with Crippen molar-refractivity contribution in [2.45, 2.75) is 6.54 Å². The molecule has 0 radical (unpaired) electrons. The van der Waals surface area contributed by atoms with Crippen LogP contribution in [0.2, 0.25) is 0 Å². The molecule has 0 aliphatic heterocycles. The third-order valence-electron chi connectivity index (χ3n) is 1.60. The Morgan fingerprint density at radius 3 is 3.17 bits per heavy atom. The topological polar surface area (TPSA) is 69.9 Å². The quantitative estimate of drug-likeness (QED) is 0.693. The molecule has 5 heteroatoms. The summed E-state index contributed by atoms with van der Waals surface area (Å²) in [6.07, 6.45) is 4.87. The van der Waals surface area contributed by atoms with E-state index in [2.05, 4.69) is 10.1 Å². The third-order valence-corrected chi connectivity index (χ3v) is 1.60. The fourth-order valence-corrected chi connectivity index (χ4v) is 1.01. The van der Waals surface area contributed by atoms with Crippen LogP contribution >= 0.6 is 0 Å². The summed E-state index contributed by atoms with van der Waals surface area (Å²) in [6, 6.07) is 1.75. The molecule has 2 heterocycles. The van der Waals surface area contributed by atoms with E-state index in [9.17, 15) is 0 Å². The number of hydrogen-bond acceptors (Lipinski definition) is 4. The van der Waals surface area contributed by atoms with Crippen LogP contribution in [0.25, 0.3) is 5.82 Å². The van der Waals surface area contributed by atoms with Gasteiger partial charge >= 0.3 is 0 Å². The number of nitrogens with two attached hydrogens (primary N) is 1. The van der Waals surface area contributed by atoms with Gasteiger partial charge in [0.1, 0.15) is 12.6 Å². The summed E-state index contributed by atoms with van der Waals surface area (Å²) in [5.41, 5.74) is 6.39. The zero-order valence-electron chi connectivity index (χ0n) is 6.34. The van der Waals surface area contributed by atoms with Gasteiger partial charge in [0.15, 0.2) is 5.82 Å². The van der Waals surface area contributed by atoms with Crippen molar-refractivity contribution < 1.29 is 4.52 Å². The maximum atomic E-state index is 5.48. The maximum absolute atomic E-state index is 5.48. The number of imidazole rings is 1.